The Bertz CT molecular complexity index is 1040. The molecule has 0 spiro atoms. The summed E-state index contributed by atoms with van der Waals surface area (Å²) in [5, 5.41) is 9.24. The molecule has 2 aromatic carbocycles. The third-order valence-electron chi connectivity index (χ3n) is 4.89. The zero-order valence-electron chi connectivity index (χ0n) is 17.5. The molecule has 1 saturated heterocycles. The number of thioether (sulfide) groups is 1. The highest BCUT2D eigenvalue weighted by Gasteiger charge is 2.36. The van der Waals surface area contributed by atoms with E-state index >= 15 is 0 Å². The average molecular weight is 442 g/mol. The number of carboxylic acids is 1. The molecule has 2 aromatic rings. The first-order valence-corrected chi connectivity index (χ1v) is 10.6. The first-order valence-electron chi connectivity index (χ1n) is 9.76. The Labute approximate surface area is 184 Å². The van der Waals surface area contributed by atoms with Crippen molar-refractivity contribution >= 4 is 40.6 Å². The maximum Gasteiger partial charge on any atom is 0.340 e. The van der Waals surface area contributed by atoms with Gasteiger partial charge in [0.1, 0.15) is 5.56 Å². The molecule has 3 rings (SSSR count). The predicted molar refractivity (Wildman–Crippen MR) is 120 cm³/mol. The van der Waals surface area contributed by atoms with Crippen LogP contribution in [-0.2, 0) is 11.2 Å². The average Bonchev–Trinajstić information content (AvgIpc) is 3.04. The largest absolute Gasteiger partial charge is 0.493 e. The van der Waals surface area contributed by atoms with Crippen LogP contribution in [0, 0.1) is 0 Å². The van der Waals surface area contributed by atoms with Gasteiger partial charge in [-0.15, -0.1) is 0 Å². The van der Waals surface area contributed by atoms with Crippen LogP contribution in [-0.4, -0.2) is 36.4 Å². The van der Waals surface area contributed by atoms with Crippen LogP contribution in [0.1, 0.15) is 41.3 Å². The lowest BCUT2D eigenvalue weighted by atomic mass is 10.0. The lowest BCUT2D eigenvalue weighted by Gasteiger charge is -2.14. The number of rotatable bonds is 8. The summed E-state index contributed by atoms with van der Waals surface area (Å²) in [6.07, 6.45) is 4.49. The molecule has 162 valence electrons. The molecule has 1 heterocycles. The van der Waals surface area contributed by atoms with Crippen molar-refractivity contribution in [1.82, 2.24) is 0 Å². The van der Waals surface area contributed by atoms with Crippen LogP contribution in [0.25, 0.3) is 6.08 Å². The summed E-state index contributed by atoms with van der Waals surface area (Å²) >= 11 is 0.767. The number of hydrogen-bond acceptors (Lipinski definition) is 6. The third kappa shape index (κ3) is 4.59. The lowest BCUT2D eigenvalue weighted by molar-refractivity contribution is -0.113. The second-order valence-corrected chi connectivity index (χ2v) is 7.85. The van der Waals surface area contributed by atoms with Gasteiger partial charge in [-0.05, 0) is 60.0 Å². The molecule has 0 unspecified atom stereocenters. The smallest absolute Gasteiger partial charge is 0.340 e. The maximum absolute atomic E-state index is 12.9. The van der Waals surface area contributed by atoms with Crippen molar-refractivity contribution in [2.45, 2.75) is 26.2 Å². The molecule has 31 heavy (non-hydrogen) atoms. The molecule has 1 fully saturated rings. The van der Waals surface area contributed by atoms with E-state index in [1.165, 1.54) is 26.4 Å². The van der Waals surface area contributed by atoms with Crippen LogP contribution in [0.5, 0.6) is 11.5 Å². The Kier molecular flexibility index (Phi) is 7.02. The highest BCUT2D eigenvalue weighted by molar-refractivity contribution is 8.19. The zero-order chi connectivity index (χ0) is 22.5. The molecular weight excluding hydrogens is 418 g/mol. The number of amides is 2. The number of carbonyl (C=O) groups is 3. The second-order valence-electron chi connectivity index (χ2n) is 6.86. The van der Waals surface area contributed by atoms with Gasteiger partial charge in [-0.2, -0.15) is 0 Å². The molecule has 0 aliphatic carbocycles. The number of hydrogen-bond donors (Lipinski definition) is 1. The van der Waals surface area contributed by atoms with Gasteiger partial charge in [-0.1, -0.05) is 31.5 Å². The molecule has 0 saturated carbocycles. The van der Waals surface area contributed by atoms with Gasteiger partial charge in [0.2, 0.25) is 0 Å². The lowest BCUT2D eigenvalue weighted by Crippen LogP contribution is -2.27. The van der Waals surface area contributed by atoms with Crippen LogP contribution in [0.3, 0.4) is 0 Å². The molecule has 1 aliphatic rings. The van der Waals surface area contributed by atoms with Crippen molar-refractivity contribution in [2.24, 2.45) is 0 Å². The number of aromatic carboxylic acids is 1. The van der Waals surface area contributed by atoms with E-state index in [1.54, 1.807) is 18.2 Å². The molecule has 1 N–H and O–H groups in total. The zero-order valence-corrected chi connectivity index (χ0v) is 18.3. The summed E-state index contributed by atoms with van der Waals surface area (Å²) in [5.41, 5.74) is 1.72. The fraction of sp³-hybridized carbons (Fsp3) is 0.261. The van der Waals surface area contributed by atoms with Crippen molar-refractivity contribution in [2.75, 3.05) is 19.1 Å². The van der Waals surface area contributed by atoms with Gasteiger partial charge in [0.05, 0.1) is 24.8 Å². The van der Waals surface area contributed by atoms with E-state index in [2.05, 4.69) is 6.92 Å². The van der Waals surface area contributed by atoms with Crippen LogP contribution >= 0.6 is 11.8 Å². The number of benzene rings is 2. The number of unbranched alkanes of at least 4 members (excludes halogenated alkanes) is 1. The fourth-order valence-corrected chi connectivity index (χ4v) is 4.14. The number of ether oxygens (including phenoxy) is 2. The first kappa shape index (κ1) is 22.4. The Morgan fingerprint density at radius 2 is 1.81 bits per heavy atom. The fourth-order valence-electron chi connectivity index (χ4n) is 3.31. The summed E-state index contributed by atoms with van der Waals surface area (Å²) in [7, 11) is 2.74. The Morgan fingerprint density at radius 3 is 2.39 bits per heavy atom. The van der Waals surface area contributed by atoms with Crippen molar-refractivity contribution in [3.8, 4) is 11.5 Å². The summed E-state index contributed by atoms with van der Waals surface area (Å²) in [6, 6.07) is 10.4. The first-order chi connectivity index (χ1) is 14.9. The molecule has 7 nitrogen and oxygen atoms in total. The SMILES string of the molecule is CCCCc1ccc(N2C(=O)S/C(=C/c3ccc(OC)c(OC)c3C(=O)O)C2=O)cc1. The van der Waals surface area contributed by atoms with Crippen LogP contribution in [0.4, 0.5) is 10.5 Å². The highest BCUT2D eigenvalue weighted by Crippen LogP contribution is 2.39. The summed E-state index contributed by atoms with van der Waals surface area (Å²) in [5.74, 6) is -1.43. The summed E-state index contributed by atoms with van der Waals surface area (Å²) in [6.45, 7) is 2.12. The number of nitrogens with zero attached hydrogens (tertiary/aromatic N) is 1. The predicted octanol–water partition coefficient (Wildman–Crippen LogP) is 4.99. The number of imide groups is 1. The molecule has 0 aromatic heterocycles. The minimum Gasteiger partial charge on any atom is -0.493 e. The topological polar surface area (TPSA) is 93.1 Å². The van der Waals surface area contributed by atoms with Gasteiger partial charge in [0.15, 0.2) is 11.5 Å². The molecule has 0 atom stereocenters. The number of methoxy groups -OCH3 is 2. The Hall–Kier alpha value is -3.26. The molecule has 0 radical (unpaired) electrons. The molecule has 2 amide bonds. The van der Waals surface area contributed by atoms with Crippen molar-refractivity contribution in [1.29, 1.82) is 0 Å². The minimum absolute atomic E-state index is 0.0469. The normalized spacial score (nSPS) is 14.9. The quantitative estimate of drug-likeness (QED) is 0.577. The van der Waals surface area contributed by atoms with Crippen molar-refractivity contribution in [3.05, 3.63) is 58.0 Å². The Morgan fingerprint density at radius 1 is 1.10 bits per heavy atom. The van der Waals surface area contributed by atoms with E-state index in [9.17, 15) is 19.5 Å². The number of aryl methyl sites for hydroxylation is 1. The molecule has 0 bridgehead atoms. The van der Waals surface area contributed by atoms with Crippen LogP contribution < -0.4 is 14.4 Å². The van der Waals surface area contributed by atoms with Gasteiger partial charge in [0.25, 0.3) is 11.1 Å². The van der Waals surface area contributed by atoms with Gasteiger partial charge in [-0.3, -0.25) is 9.59 Å². The van der Waals surface area contributed by atoms with Gasteiger partial charge in [0, 0.05) is 0 Å². The molecular formula is C23H23NO6S. The van der Waals surface area contributed by atoms with Gasteiger partial charge >= 0.3 is 5.97 Å². The standard InChI is InChI=1S/C23H23NO6S/c1-4-5-6-14-7-10-16(11-8-14)24-21(25)18(31-23(24)28)13-15-9-12-17(29-2)20(30-3)19(15)22(26)27/h7-13H,4-6H2,1-3H3,(H,26,27)/b18-13+. The summed E-state index contributed by atoms with van der Waals surface area (Å²) in [4.78, 5) is 38.6. The van der Waals surface area contributed by atoms with E-state index < -0.39 is 17.1 Å². The molecule has 1 aliphatic heterocycles. The van der Waals surface area contributed by atoms with Crippen LogP contribution in [0.15, 0.2) is 41.3 Å². The van der Waals surface area contributed by atoms with Gasteiger partial charge in [-0.25, -0.2) is 9.69 Å². The minimum atomic E-state index is -1.23. The second kappa shape index (κ2) is 9.70. The van der Waals surface area contributed by atoms with Crippen LogP contribution in [0.2, 0.25) is 0 Å². The van der Waals surface area contributed by atoms with E-state index in [-0.39, 0.29) is 27.5 Å². The third-order valence-corrected chi connectivity index (χ3v) is 5.76. The number of carbonyl (C=O) groups excluding carboxylic acids is 2. The van der Waals surface area contributed by atoms with E-state index in [0.29, 0.717) is 5.69 Å². The highest BCUT2D eigenvalue weighted by atomic mass is 32.2. The number of anilines is 1. The Balaban J connectivity index is 1.94. The van der Waals surface area contributed by atoms with E-state index in [1.807, 2.05) is 12.1 Å². The number of carboxylic acid groups (broad SMARTS) is 1. The van der Waals surface area contributed by atoms with E-state index in [4.69, 9.17) is 9.47 Å². The maximum atomic E-state index is 12.9. The van der Waals surface area contributed by atoms with Crippen molar-refractivity contribution < 1.29 is 29.0 Å². The monoisotopic (exact) mass is 441 g/mol. The van der Waals surface area contributed by atoms with Crippen molar-refractivity contribution in [3.63, 3.8) is 0 Å². The van der Waals surface area contributed by atoms with E-state index in [0.717, 1.165) is 41.5 Å². The molecule has 8 heteroatoms. The van der Waals surface area contributed by atoms with Gasteiger partial charge < -0.3 is 14.6 Å². The summed E-state index contributed by atoms with van der Waals surface area (Å²) < 4.78 is 10.4.